The van der Waals surface area contributed by atoms with Crippen LogP contribution in [0.3, 0.4) is 0 Å². The van der Waals surface area contributed by atoms with E-state index < -0.39 is 11.9 Å². The molecule has 0 unspecified atom stereocenters. The lowest BCUT2D eigenvalue weighted by atomic mass is 10.1. The highest BCUT2D eigenvalue weighted by molar-refractivity contribution is 5.94. The highest BCUT2D eigenvalue weighted by Gasteiger charge is 2.18. The number of carboxylic acids is 2. The molecule has 0 aliphatic carbocycles. The van der Waals surface area contributed by atoms with Gasteiger partial charge < -0.3 is 10.2 Å². The molecule has 0 aliphatic heterocycles. The molecule has 0 fully saturated rings. The number of carboxylic acid groups (broad SMARTS) is 2. The van der Waals surface area contributed by atoms with Crippen molar-refractivity contribution in [2.45, 2.75) is 32.7 Å². The fourth-order valence-electron chi connectivity index (χ4n) is 2.39. The Labute approximate surface area is 150 Å². The van der Waals surface area contributed by atoms with Crippen LogP contribution in [-0.2, 0) is 11.3 Å². The monoisotopic (exact) mass is 356 g/mol. The van der Waals surface area contributed by atoms with Crippen molar-refractivity contribution in [1.29, 1.82) is 0 Å². The standard InChI is InChI=1S/C19H20N2O5/c1-2-3-4-17(22)21(16-11-15(19(25)26)9-10-20-16)12-13-5-7-14(8-6-13)18(23)24/h5-11H,2-4,12H2,1H3,(H,23,24)(H,25,26). The van der Waals surface area contributed by atoms with Gasteiger partial charge in [-0.2, -0.15) is 0 Å². The van der Waals surface area contributed by atoms with Gasteiger partial charge in [-0.3, -0.25) is 9.69 Å². The van der Waals surface area contributed by atoms with E-state index in [1.165, 1.54) is 35.4 Å². The quantitative estimate of drug-likeness (QED) is 0.752. The highest BCUT2D eigenvalue weighted by Crippen LogP contribution is 2.19. The molecule has 0 atom stereocenters. The second-order valence-corrected chi connectivity index (χ2v) is 5.79. The van der Waals surface area contributed by atoms with E-state index in [4.69, 9.17) is 10.2 Å². The third-order valence-corrected chi connectivity index (χ3v) is 3.86. The Kier molecular flexibility index (Phi) is 6.43. The fourth-order valence-corrected chi connectivity index (χ4v) is 2.39. The van der Waals surface area contributed by atoms with E-state index in [-0.39, 0.29) is 29.4 Å². The maximum absolute atomic E-state index is 12.6. The topological polar surface area (TPSA) is 108 Å². The predicted octanol–water partition coefficient (Wildman–Crippen LogP) is 3.20. The molecular formula is C19H20N2O5. The van der Waals surface area contributed by atoms with Gasteiger partial charge in [0.15, 0.2) is 0 Å². The second kappa shape index (κ2) is 8.75. The molecule has 0 bridgehead atoms. The SMILES string of the molecule is CCCCC(=O)N(Cc1ccc(C(=O)O)cc1)c1cc(C(=O)O)ccn1. The molecule has 7 heteroatoms. The molecule has 0 radical (unpaired) electrons. The Morgan fingerprint density at radius 2 is 1.65 bits per heavy atom. The van der Waals surface area contributed by atoms with E-state index in [9.17, 15) is 14.4 Å². The van der Waals surface area contributed by atoms with Gasteiger partial charge in [0.1, 0.15) is 5.82 Å². The van der Waals surface area contributed by atoms with Crippen molar-refractivity contribution in [3.63, 3.8) is 0 Å². The van der Waals surface area contributed by atoms with Crippen LogP contribution in [-0.4, -0.2) is 33.0 Å². The second-order valence-electron chi connectivity index (χ2n) is 5.79. The van der Waals surface area contributed by atoms with Crippen LogP contribution in [0.25, 0.3) is 0 Å². The molecule has 7 nitrogen and oxygen atoms in total. The summed E-state index contributed by atoms with van der Waals surface area (Å²) in [5.41, 5.74) is 0.926. The largest absolute Gasteiger partial charge is 0.478 e. The van der Waals surface area contributed by atoms with Gasteiger partial charge in [0.05, 0.1) is 17.7 Å². The minimum atomic E-state index is -1.10. The van der Waals surface area contributed by atoms with Crippen LogP contribution in [0.15, 0.2) is 42.6 Å². The van der Waals surface area contributed by atoms with Crippen LogP contribution >= 0.6 is 0 Å². The van der Waals surface area contributed by atoms with Gasteiger partial charge >= 0.3 is 11.9 Å². The molecule has 1 aromatic heterocycles. The Hall–Kier alpha value is -3.22. The van der Waals surface area contributed by atoms with Crippen LogP contribution in [0.4, 0.5) is 5.82 Å². The number of aromatic carboxylic acids is 2. The fraction of sp³-hybridized carbons (Fsp3) is 0.263. The van der Waals surface area contributed by atoms with Crippen molar-refractivity contribution in [3.05, 3.63) is 59.3 Å². The molecular weight excluding hydrogens is 336 g/mol. The Balaban J connectivity index is 2.31. The molecule has 2 N–H and O–H groups in total. The maximum Gasteiger partial charge on any atom is 0.335 e. The summed E-state index contributed by atoms with van der Waals surface area (Å²) < 4.78 is 0. The summed E-state index contributed by atoms with van der Waals surface area (Å²) in [6, 6.07) is 8.91. The third-order valence-electron chi connectivity index (χ3n) is 3.86. The summed E-state index contributed by atoms with van der Waals surface area (Å²) in [4.78, 5) is 40.3. The molecule has 2 rings (SSSR count). The lowest BCUT2D eigenvalue weighted by Gasteiger charge is -2.22. The van der Waals surface area contributed by atoms with E-state index >= 15 is 0 Å². The normalized spacial score (nSPS) is 10.3. The Bertz CT molecular complexity index is 802. The molecule has 1 amide bonds. The number of unbranched alkanes of at least 4 members (excludes halogenated alkanes) is 1. The zero-order chi connectivity index (χ0) is 19.1. The van der Waals surface area contributed by atoms with Crippen molar-refractivity contribution in [2.75, 3.05) is 4.90 Å². The van der Waals surface area contributed by atoms with E-state index in [2.05, 4.69) is 4.98 Å². The van der Waals surface area contributed by atoms with E-state index in [0.29, 0.717) is 12.8 Å². The summed E-state index contributed by atoms with van der Waals surface area (Å²) in [6.45, 7) is 2.16. The number of anilines is 1. The van der Waals surface area contributed by atoms with Crippen LogP contribution < -0.4 is 4.90 Å². The lowest BCUT2D eigenvalue weighted by molar-refractivity contribution is -0.118. The van der Waals surface area contributed by atoms with Crippen LogP contribution in [0.5, 0.6) is 0 Å². The Morgan fingerprint density at radius 3 is 2.23 bits per heavy atom. The van der Waals surface area contributed by atoms with Gasteiger partial charge in [0.2, 0.25) is 5.91 Å². The van der Waals surface area contributed by atoms with Crippen LogP contribution in [0.2, 0.25) is 0 Å². The van der Waals surface area contributed by atoms with Crippen molar-refractivity contribution in [2.24, 2.45) is 0 Å². The minimum absolute atomic E-state index is 0.0458. The first-order valence-corrected chi connectivity index (χ1v) is 8.24. The van der Waals surface area contributed by atoms with Gasteiger partial charge in [-0.15, -0.1) is 0 Å². The zero-order valence-electron chi connectivity index (χ0n) is 14.4. The van der Waals surface area contributed by atoms with Gasteiger partial charge in [0.25, 0.3) is 0 Å². The zero-order valence-corrected chi connectivity index (χ0v) is 14.4. The Morgan fingerprint density at radius 1 is 1.00 bits per heavy atom. The smallest absolute Gasteiger partial charge is 0.335 e. The number of nitrogens with zero attached hydrogens (tertiary/aromatic N) is 2. The van der Waals surface area contributed by atoms with Crippen LogP contribution in [0, 0.1) is 0 Å². The molecule has 1 heterocycles. The first kappa shape index (κ1) is 19.1. The molecule has 1 aromatic carbocycles. The summed E-state index contributed by atoms with van der Waals surface area (Å²) in [7, 11) is 0. The van der Waals surface area contributed by atoms with Crippen molar-refractivity contribution in [1.82, 2.24) is 4.98 Å². The molecule has 2 aromatic rings. The number of hydrogen-bond acceptors (Lipinski definition) is 4. The maximum atomic E-state index is 12.6. The van der Waals surface area contributed by atoms with Crippen molar-refractivity contribution >= 4 is 23.7 Å². The first-order valence-electron chi connectivity index (χ1n) is 8.24. The number of hydrogen-bond donors (Lipinski definition) is 2. The van der Waals surface area contributed by atoms with E-state index in [1.807, 2.05) is 6.92 Å². The van der Waals surface area contributed by atoms with Gasteiger partial charge in [0, 0.05) is 12.6 Å². The average molecular weight is 356 g/mol. The molecule has 26 heavy (non-hydrogen) atoms. The lowest BCUT2D eigenvalue weighted by Crippen LogP contribution is -2.31. The average Bonchev–Trinajstić information content (AvgIpc) is 2.64. The molecule has 0 saturated carbocycles. The number of benzene rings is 1. The number of pyridine rings is 1. The van der Waals surface area contributed by atoms with Crippen molar-refractivity contribution < 1.29 is 24.6 Å². The summed E-state index contributed by atoms with van der Waals surface area (Å²) in [6.07, 6.45) is 3.25. The molecule has 0 saturated heterocycles. The molecule has 0 spiro atoms. The predicted molar refractivity (Wildman–Crippen MR) is 95.3 cm³/mol. The number of carbonyl (C=O) groups excluding carboxylic acids is 1. The van der Waals surface area contributed by atoms with E-state index in [1.54, 1.807) is 12.1 Å². The summed E-state index contributed by atoms with van der Waals surface area (Å²) >= 11 is 0. The molecule has 136 valence electrons. The summed E-state index contributed by atoms with van der Waals surface area (Å²) in [5.74, 6) is -2.03. The number of rotatable bonds is 8. The molecule has 0 aliphatic rings. The van der Waals surface area contributed by atoms with Crippen LogP contribution in [0.1, 0.15) is 52.5 Å². The highest BCUT2D eigenvalue weighted by atomic mass is 16.4. The number of aromatic nitrogens is 1. The third kappa shape index (κ3) is 4.89. The number of amides is 1. The van der Waals surface area contributed by atoms with Gasteiger partial charge in [-0.25, -0.2) is 14.6 Å². The minimum Gasteiger partial charge on any atom is -0.478 e. The first-order chi connectivity index (χ1) is 12.4. The number of carbonyl (C=O) groups is 3. The summed E-state index contributed by atoms with van der Waals surface area (Å²) in [5, 5.41) is 18.1. The van der Waals surface area contributed by atoms with Crippen molar-refractivity contribution in [3.8, 4) is 0 Å². The van der Waals surface area contributed by atoms with Gasteiger partial charge in [-0.05, 0) is 36.2 Å². The van der Waals surface area contributed by atoms with E-state index in [0.717, 1.165) is 12.0 Å². The van der Waals surface area contributed by atoms with Gasteiger partial charge in [-0.1, -0.05) is 25.5 Å².